The Kier molecular flexibility index (Phi) is 6.12. The number of rotatable bonds is 7. The van der Waals surface area contributed by atoms with Gasteiger partial charge in [-0.25, -0.2) is 8.78 Å². The van der Waals surface area contributed by atoms with Crippen molar-refractivity contribution in [3.05, 3.63) is 62.1 Å². The zero-order valence-electron chi connectivity index (χ0n) is 15.1. The largest absolute Gasteiger partial charge is 0.365 e. The Hall–Kier alpha value is -2.29. The van der Waals surface area contributed by atoms with Crippen molar-refractivity contribution in [1.29, 1.82) is 0 Å². The molecule has 28 heavy (non-hydrogen) atoms. The van der Waals surface area contributed by atoms with Crippen LogP contribution in [0.4, 0.5) is 8.78 Å². The third-order valence-electron chi connectivity index (χ3n) is 4.58. The highest BCUT2D eigenvalue weighted by molar-refractivity contribution is 7.14. The number of benzene rings is 1. The van der Waals surface area contributed by atoms with Gasteiger partial charge in [0.05, 0.1) is 11.1 Å². The molecule has 0 saturated carbocycles. The van der Waals surface area contributed by atoms with Crippen LogP contribution in [0.5, 0.6) is 0 Å². The van der Waals surface area contributed by atoms with Gasteiger partial charge in [-0.2, -0.15) is 5.10 Å². The third kappa shape index (κ3) is 3.80. The molecule has 1 atom stereocenters. The molecule has 3 aromatic rings. The van der Waals surface area contributed by atoms with Crippen molar-refractivity contribution in [2.45, 2.75) is 25.7 Å². The number of nitrogens with one attached hydrogen (secondary N) is 1. The molecule has 5 nitrogen and oxygen atoms in total. The maximum Gasteiger partial charge on any atom is 0.259 e. The fourth-order valence-corrected chi connectivity index (χ4v) is 4.69. The van der Waals surface area contributed by atoms with Crippen LogP contribution in [0.25, 0.3) is 11.1 Å². The van der Waals surface area contributed by atoms with E-state index in [4.69, 9.17) is 23.1 Å². The number of thiophene rings is 1. The number of nitrogens with two attached hydrogens (primary N) is 2. The SMILES string of the molecule is CCc1sc(C(N)=O)c([C@@H](CN)Cc2ccc(F)c(F)c2)c1-c1cn[nH]c1Cl. The Morgan fingerprint density at radius 1 is 1.36 bits per heavy atom. The van der Waals surface area contributed by atoms with Gasteiger partial charge < -0.3 is 11.5 Å². The molecule has 0 bridgehead atoms. The summed E-state index contributed by atoms with van der Waals surface area (Å²) in [7, 11) is 0. The molecule has 0 unspecified atom stereocenters. The third-order valence-corrected chi connectivity index (χ3v) is 6.24. The highest BCUT2D eigenvalue weighted by atomic mass is 35.5. The van der Waals surface area contributed by atoms with Gasteiger partial charge in [0, 0.05) is 21.9 Å². The molecule has 3 rings (SSSR count). The minimum absolute atomic E-state index is 0.182. The normalized spacial score (nSPS) is 12.3. The molecule has 0 fully saturated rings. The monoisotopic (exact) mass is 424 g/mol. The van der Waals surface area contributed by atoms with Gasteiger partial charge in [0.2, 0.25) is 0 Å². The van der Waals surface area contributed by atoms with Crippen LogP contribution in [-0.4, -0.2) is 22.6 Å². The van der Waals surface area contributed by atoms with Gasteiger partial charge in [0.15, 0.2) is 11.6 Å². The average Bonchev–Trinajstić information content (AvgIpc) is 3.25. The van der Waals surface area contributed by atoms with E-state index >= 15 is 0 Å². The van der Waals surface area contributed by atoms with Gasteiger partial charge in [0.25, 0.3) is 5.91 Å². The van der Waals surface area contributed by atoms with Crippen molar-refractivity contribution < 1.29 is 13.6 Å². The van der Waals surface area contributed by atoms with Crippen molar-refractivity contribution >= 4 is 28.8 Å². The Bertz CT molecular complexity index is 1020. The molecular formula is C19H19ClF2N4OS. The Morgan fingerprint density at radius 2 is 2.11 bits per heavy atom. The zero-order chi connectivity index (χ0) is 20.4. The highest BCUT2D eigenvalue weighted by Gasteiger charge is 2.29. The molecule has 1 amide bonds. The number of hydrogen-bond acceptors (Lipinski definition) is 4. The maximum absolute atomic E-state index is 13.6. The number of aromatic amines is 1. The summed E-state index contributed by atoms with van der Waals surface area (Å²) in [6.07, 6.45) is 2.56. The lowest BCUT2D eigenvalue weighted by Gasteiger charge is -2.18. The van der Waals surface area contributed by atoms with Crippen LogP contribution in [0, 0.1) is 11.6 Å². The van der Waals surface area contributed by atoms with E-state index in [1.165, 1.54) is 17.4 Å². The number of halogens is 3. The molecule has 2 aromatic heterocycles. The summed E-state index contributed by atoms with van der Waals surface area (Å²) < 4.78 is 26.9. The van der Waals surface area contributed by atoms with E-state index in [1.54, 1.807) is 6.20 Å². The predicted octanol–water partition coefficient (Wildman–Crippen LogP) is 4.02. The first-order chi connectivity index (χ1) is 13.4. The summed E-state index contributed by atoms with van der Waals surface area (Å²) in [5.74, 6) is -2.75. The minimum atomic E-state index is -0.930. The van der Waals surface area contributed by atoms with Gasteiger partial charge in [-0.3, -0.25) is 9.89 Å². The molecule has 5 N–H and O–H groups in total. The van der Waals surface area contributed by atoms with Crippen molar-refractivity contribution in [3.63, 3.8) is 0 Å². The summed E-state index contributed by atoms with van der Waals surface area (Å²) in [6.45, 7) is 2.15. The molecule has 1 aromatic carbocycles. The van der Waals surface area contributed by atoms with Crippen LogP contribution < -0.4 is 11.5 Å². The number of H-pyrrole nitrogens is 1. The zero-order valence-corrected chi connectivity index (χ0v) is 16.6. The molecule has 9 heteroatoms. The van der Waals surface area contributed by atoms with E-state index in [9.17, 15) is 13.6 Å². The quantitative estimate of drug-likeness (QED) is 0.534. The van der Waals surface area contributed by atoms with Crippen LogP contribution in [0.2, 0.25) is 5.15 Å². The van der Waals surface area contributed by atoms with E-state index in [0.717, 1.165) is 22.6 Å². The average molecular weight is 425 g/mol. The minimum Gasteiger partial charge on any atom is -0.365 e. The molecule has 148 valence electrons. The molecule has 0 saturated heterocycles. The number of hydrogen-bond donors (Lipinski definition) is 3. The number of carbonyl (C=O) groups is 1. The van der Waals surface area contributed by atoms with E-state index in [-0.39, 0.29) is 12.5 Å². The number of aryl methyl sites for hydroxylation is 1. The molecule has 2 heterocycles. The molecule has 0 aliphatic carbocycles. The molecule has 0 aliphatic heterocycles. The topological polar surface area (TPSA) is 97.8 Å². The van der Waals surface area contributed by atoms with Gasteiger partial charge in [0.1, 0.15) is 5.15 Å². The lowest BCUT2D eigenvalue weighted by molar-refractivity contribution is 0.100. The van der Waals surface area contributed by atoms with Crippen molar-refractivity contribution in [3.8, 4) is 11.1 Å². The molecule has 0 aliphatic rings. The number of amides is 1. The van der Waals surface area contributed by atoms with Crippen LogP contribution >= 0.6 is 22.9 Å². The van der Waals surface area contributed by atoms with Crippen LogP contribution in [0.1, 0.15) is 38.5 Å². The van der Waals surface area contributed by atoms with Gasteiger partial charge in [-0.05, 0) is 42.6 Å². The van der Waals surface area contributed by atoms with E-state index in [0.29, 0.717) is 39.6 Å². The Labute approximate surface area is 169 Å². The lowest BCUT2D eigenvalue weighted by atomic mass is 9.86. The van der Waals surface area contributed by atoms with Gasteiger partial charge in [-0.1, -0.05) is 24.6 Å². The van der Waals surface area contributed by atoms with Crippen molar-refractivity contribution in [2.75, 3.05) is 6.54 Å². The smallest absolute Gasteiger partial charge is 0.259 e. The van der Waals surface area contributed by atoms with Crippen LogP contribution in [0.15, 0.2) is 24.4 Å². The summed E-state index contributed by atoms with van der Waals surface area (Å²) in [4.78, 5) is 13.5. The maximum atomic E-state index is 13.6. The lowest BCUT2D eigenvalue weighted by Crippen LogP contribution is -2.20. The second kappa shape index (κ2) is 8.38. The van der Waals surface area contributed by atoms with E-state index in [1.807, 2.05) is 6.92 Å². The molecular weight excluding hydrogens is 406 g/mol. The van der Waals surface area contributed by atoms with Crippen LogP contribution in [0.3, 0.4) is 0 Å². The summed E-state index contributed by atoms with van der Waals surface area (Å²) in [6, 6.07) is 3.72. The molecule has 0 radical (unpaired) electrons. The summed E-state index contributed by atoms with van der Waals surface area (Å²) in [5, 5.41) is 7.00. The Balaban J connectivity index is 2.16. The highest BCUT2D eigenvalue weighted by Crippen LogP contribution is 2.43. The summed E-state index contributed by atoms with van der Waals surface area (Å²) >= 11 is 7.55. The van der Waals surface area contributed by atoms with Gasteiger partial charge in [-0.15, -0.1) is 11.3 Å². The van der Waals surface area contributed by atoms with E-state index in [2.05, 4.69) is 10.2 Å². The predicted molar refractivity (Wildman–Crippen MR) is 107 cm³/mol. The second-order valence-electron chi connectivity index (χ2n) is 6.34. The standard InChI is InChI=1S/C19H19ClF2N4OS/c1-2-14-16(11-8-25-26-18(11)20)15(17(28-14)19(24)27)10(7-23)5-9-3-4-12(21)13(22)6-9/h3-4,6,8,10H,2,5,7,23H2,1H3,(H2,24,27)(H,25,26)/t10-/m1/s1. The summed E-state index contributed by atoms with van der Waals surface area (Å²) in [5.41, 5.74) is 14.3. The first-order valence-electron chi connectivity index (χ1n) is 8.65. The van der Waals surface area contributed by atoms with E-state index < -0.39 is 17.5 Å². The first-order valence-corrected chi connectivity index (χ1v) is 9.85. The number of primary amides is 1. The first kappa shape index (κ1) is 20.4. The fourth-order valence-electron chi connectivity index (χ4n) is 3.31. The van der Waals surface area contributed by atoms with Crippen LogP contribution in [-0.2, 0) is 12.8 Å². The number of aromatic nitrogens is 2. The van der Waals surface area contributed by atoms with Gasteiger partial charge >= 0.3 is 0 Å². The number of carbonyl (C=O) groups excluding carboxylic acids is 1. The number of nitrogens with zero attached hydrogens (tertiary/aromatic N) is 1. The van der Waals surface area contributed by atoms with Crippen molar-refractivity contribution in [2.24, 2.45) is 11.5 Å². The van der Waals surface area contributed by atoms with Crippen molar-refractivity contribution in [1.82, 2.24) is 10.2 Å². The second-order valence-corrected chi connectivity index (χ2v) is 7.83. The molecule has 0 spiro atoms. The Morgan fingerprint density at radius 3 is 2.64 bits per heavy atom. The fraction of sp³-hybridized carbons (Fsp3) is 0.263.